The van der Waals surface area contributed by atoms with E-state index in [2.05, 4.69) is 55.5 Å². The van der Waals surface area contributed by atoms with E-state index in [9.17, 15) is 0 Å². The quantitative estimate of drug-likeness (QED) is 0.734. The van der Waals surface area contributed by atoms with Crippen molar-refractivity contribution in [2.24, 2.45) is 16.7 Å². The predicted molar refractivity (Wildman–Crippen MR) is 94.7 cm³/mol. The fraction of sp³-hybridized carbons (Fsp3) is 0.526. The van der Waals surface area contributed by atoms with E-state index in [0.29, 0.717) is 16.7 Å². The molecule has 3 aromatic heterocycles. The molecule has 24 heavy (non-hydrogen) atoms. The van der Waals surface area contributed by atoms with Crippen molar-refractivity contribution >= 4 is 5.65 Å². The van der Waals surface area contributed by atoms with Crippen LogP contribution in [-0.4, -0.2) is 24.1 Å². The Bertz CT molecular complexity index is 915. The van der Waals surface area contributed by atoms with Crippen molar-refractivity contribution in [3.63, 3.8) is 0 Å². The maximum absolute atomic E-state index is 4.69. The molecule has 0 aliphatic heterocycles. The molecule has 1 aliphatic rings. The van der Waals surface area contributed by atoms with Crippen molar-refractivity contribution in [2.45, 2.75) is 48.1 Å². The fourth-order valence-electron chi connectivity index (χ4n) is 4.12. The van der Waals surface area contributed by atoms with E-state index in [1.807, 2.05) is 29.9 Å². The zero-order chi connectivity index (χ0) is 17.3. The fourth-order valence-corrected chi connectivity index (χ4v) is 4.12. The number of hydrogen-bond acceptors (Lipinski definition) is 3. The Morgan fingerprint density at radius 2 is 1.83 bits per heavy atom. The van der Waals surface area contributed by atoms with Gasteiger partial charge in [0, 0.05) is 30.3 Å². The molecule has 5 nitrogen and oxygen atoms in total. The number of aromatic nitrogens is 5. The van der Waals surface area contributed by atoms with Gasteiger partial charge in [0.1, 0.15) is 5.82 Å². The van der Waals surface area contributed by atoms with Crippen LogP contribution in [0.5, 0.6) is 0 Å². The molecule has 0 amide bonds. The van der Waals surface area contributed by atoms with Crippen molar-refractivity contribution < 1.29 is 0 Å². The Kier molecular flexibility index (Phi) is 3.00. The lowest BCUT2D eigenvalue weighted by atomic mass is 10.0. The van der Waals surface area contributed by atoms with Crippen LogP contribution in [0.3, 0.4) is 0 Å². The summed E-state index contributed by atoms with van der Waals surface area (Å²) in [4.78, 5) is 9.31. The summed E-state index contributed by atoms with van der Waals surface area (Å²) in [5, 5.41) is 4.51. The summed E-state index contributed by atoms with van der Waals surface area (Å²) in [6.07, 6.45) is 5.84. The van der Waals surface area contributed by atoms with E-state index < -0.39 is 0 Å². The largest absolute Gasteiger partial charge is 0.331 e. The highest BCUT2D eigenvalue weighted by atomic mass is 15.3. The normalized spacial score (nSPS) is 19.1. The monoisotopic (exact) mass is 323 g/mol. The van der Waals surface area contributed by atoms with E-state index in [4.69, 9.17) is 4.98 Å². The van der Waals surface area contributed by atoms with Crippen molar-refractivity contribution in [2.75, 3.05) is 0 Å². The molecule has 1 fully saturated rings. The number of nitrogens with zero attached hydrogens (tertiary/aromatic N) is 5. The molecule has 0 spiro atoms. The first-order chi connectivity index (χ1) is 11.2. The van der Waals surface area contributed by atoms with Crippen LogP contribution in [0, 0.1) is 30.6 Å². The SMILES string of the molecule is Cc1cc(C)n2ncc(-c3nccn3CC3C(C)(C)C3(C)C)c2n1. The Labute approximate surface area is 142 Å². The maximum Gasteiger partial charge on any atom is 0.166 e. The minimum absolute atomic E-state index is 0.362. The van der Waals surface area contributed by atoms with E-state index in [1.54, 1.807) is 0 Å². The average Bonchev–Trinajstić information content (AvgIpc) is 2.94. The number of rotatable bonds is 3. The average molecular weight is 323 g/mol. The number of fused-ring (bicyclic) bond motifs is 1. The van der Waals surface area contributed by atoms with Crippen molar-refractivity contribution in [3.05, 3.63) is 36.0 Å². The molecule has 0 unspecified atom stereocenters. The first kappa shape index (κ1) is 15.4. The van der Waals surface area contributed by atoms with E-state index in [-0.39, 0.29) is 0 Å². The van der Waals surface area contributed by atoms with Crippen LogP contribution >= 0.6 is 0 Å². The summed E-state index contributed by atoms with van der Waals surface area (Å²) in [7, 11) is 0. The molecule has 0 atom stereocenters. The number of aryl methyl sites for hydroxylation is 2. The molecule has 0 radical (unpaired) electrons. The number of imidazole rings is 1. The minimum atomic E-state index is 0.362. The lowest BCUT2D eigenvalue weighted by Crippen LogP contribution is -2.06. The predicted octanol–water partition coefficient (Wildman–Crippen LogP) is 3.89. The molecule has 4 rings (SSSR count). The van der Waals surface area contributed by atoms with Gasteiger partial charge in [0.05, 0.1) is 11.8 Å². The topological polar surface area (TPSA) is 48.0 Å². The van der Waals surface area contributed by atoms with Crippen molar-refractivity contribution in [3.8, 4) is 11.4 Å². The second-order valence-electron chi connectivity index (χ2n) is 8.23. The van der Waals surface area contributed by atoms with Gasteiger partial charge in [-0.05, 0) is 36.7 Å². The Morgan fingerprint density at radius 3 is 2.50 bits per heavy atom. The Balaban J connectivity index is 1.76. The van der Waals surface area contributed by atoms with E-state index in [1.165, 1.54) is 0 Å². The highest BCUT2D eigenvalue weighted by Gasteiger charge is 2.64. The molecule has 5 heteroatoms. The summed E-state index contributed by atoms with van der Waals surface area (Å²) >= 11 is 0. The molecule has 3 heterocycles. The lowest BCUT2D eigenvalue weighted by molar-refractivity contribution is 0.457. The molecule has 1 saturated carbocycles. The van der Waals surface area contributed by atoms with Crippen LogP contribution in [0.1, 0.15) is 39.1 Å². The van der Waals surface area contributed by atoms with Gasteiger partial charge in [-0.15, -0.1) is 0 Å². The molecule has 0 bridgehead atoms. The van der Waals surface area contributed by atoms with Crippen LogP contribution in [-0.2, 0) is 6.54 Å². The summed E-state index contributed by atoms with van der Waals surface area (Å²) in [5.74, 6) is 1.61. The second-order valence-corrected chi connectivity index (χ2v) is 8.23. The Hall–Kier alpha value is -2.17. The first-order valence-electron chi connectivity index (χ1n) is 8.57. The highest BCUT2D eigenvalue weighted by Crippen LogP contribution is 2.68. The van der Waals surface area contributed by atoms with E-state index >= 15 is 0 Å². The van der Waals surface area contributed by atoms with Crippen LogP contribution < -0.4 is 0 Å². The van der Waals surface area contributed by atoms with Crippen LogP contribution in [0.2, 0.25) is 0 Å². The third-order valence-corrected chi connectivity index (χ3v) is 6.43. The minimum Gasteiger partial charge on any atom is -0.331 e. The molecule has 0 N–H and O–H groups in total. The van der Waals surface area contributed by atoms with Gasteiger partial charge in [-0.2, -0.15) is 5.10 Å². The van der Waals surface area contributed by atoms with Crippen molar-refractivity contribution in [1.29, 1.82) is 0 Å². The van der Waals surface area contributed by atoms with Gasteiger partial charge in [-0.25, -0.2) is 14.5 Å². The third kappa shape index (κ3) is 1.96. The van der Waals surface area contributed by atoms with E-state index in [0.717, 1.165) is 35.0 Å². The van der Waals surface area contributed by atoms with Gasteiger partial charge >= 0.3 is 0 Å². The summed E-state index contributed by atoms with van der Waals surface area (Å²) in [5.41, 5.74) is 4.70. The summed E-state index contributed by atoms with van der Waals surface area (Å²) in [6, 6.07) is 2.05. The van der Waals surface area contributed by atoms with Crippen LogP contribution in [0.15, 0.2) is 24.7 Å². The summed E-state index contributed by atoms with van der Waals surface area (Å²) in [6.45, 7) is 14.5. The zero-order valence-corrected chi connectivity index (χ0v) is 15.3. The number of hydrogen-bond donors (Lipinski definition) is 0. The third-order valence-electron chi connectivity index (χ3n) is 6.43. The molecular weight excluding hydrogens is 298 g/mol. The molecule has 0 saturated heterocycles. The second kappa shape index (κ2) is 4.68. The van der Waals surface area contributed by atoms with Crippen molar-refractivity contribution in [1.82, 2.24) is 24.1 Å². The summed E-state index contributed by atoms with van der Waals surface area (Å²) < 4.78 is 4.16. The molecule has 3 aromatic rings. The van der Waals surface area contributed by atoms with Crippen LogP contribution in [0.25, 0.3) is 17.0 Å². The van der Waals surface area contributed by atoms with Gasteiger partial charge < -0.3 is 4.57 Å². The smallest absolute Gasteiger partial charge is 0.166 e. The lowest BCUT2D eigenvalue weighted by Gasteiger charge is -2.09. The van der Waals surface area contributed by atoms with Gasteiger partial charge in [0.2, 0.25) is 0 Å². The van der Waals surface area contributed by atoms with Gasteiger partial charge in [-0.1, -0.05) is 27.7 Å². The first-order valence-corrected chi connectivity index (χ1v) is 8.57. The standard InChI is InChI=1S/C19H25N5/c1-12-9-13(2)24-17(22-12)14(10-21-24)16-20-7-8-23(16)11-15-18(3,4)19(15,5)6/h7-10,15H,11H2,1-6H3. The molecule has 0 aromatic carbocycles. The molecule has 126 valence electrons. The van der Waals surface area contributed by atoms with Gasteiger partial charge in [0.15, 0.2) is 5.65 Å². The van der Waals surface area contributed by atoms with Crippen LogP contribution in [0.4, 0.5) is 0 Å². The molecule has 1 aliphatic carbocycles. The maximum atomic E-state index is 4.69. The zero-order valence-electron chi connectivity index (χ0n) is 15.3. The van der Waals surface area contributed by atoms with Gasteiger partial charge in [-0.3, -0.25) is 0 Å². The molecular formula is C19H25N5. The Morgan fingerprint density at radius 1 is 1.12 bits per heavy atom. The highest BCUT2D eigenvalue weighted by molar-refractivity contribution is 5.72. The van der Waals surface area contributed by atoms with Gasteiger partial charge in [0.25, 0.3) is 0 Å².